The zero-order valence-corrected chi connectivity index (χ0v) is 9.59. The van der Waals surface area contributed by atoms with Crippen molar-refractivity contribution in [2.45, 2.75) is 0 Å². The number of carbonyl (C=O) groups is 1. The molecule has 1 aromatic rings. The maximum Gasteiger partial charge on any atom is 0.173 e. The van der Waals surface area contributed by atoms with Crippen molar-refractivity contribution in [2.24, 2.45) is 0 Å². The van der Waals surface area contributed by atoms with Crippen molar-refractivity contribution in [3.63, 3.8) is 0 Å². The zero-order chi connectivity index (χ0) is 8.27. The van der Waals surface area contributed by atoms with Gasteiger partial charge < -0.3 is 5.73 Å². The van der Waals surface area contributed by atoms with Gasteiger partial charge in [0, 0.05) is 11.3 Å². The third-order valence-corrected chi connectivity index (χ3v) is 1.86. The van der Waals surface area contributed by atoms with Crippen molar-refractivity contribution in [1.82, 2.24) is 0 Å². The molecule has 0 saturated carbocycles. The van der Waals surface area contributed by atoms with E-state index in [1.54, 1.807) is 24.3 Å². The van der Waals surface area contributed by atoms with Crippen LogP contribution in [0.5, 0.6) is 0 Å². The molecule has 2 N–H and O–H groups in total. The largest absolute Gasteiger partial charge is 0.399 e. The standard InChI is InChI=1S/C8H8BrNO.BrH/c9-5-8(11)6-1-3-7(10)4-2-6;/h1-4H,5,10H2;1H. The predicted molar refractivity (Wildman–Crippen MR) is 59.3 cm³/mol. The van der Waals surface area contributed by atoms with E-state index in [0.717, 1.165) is 0 Å². The lowest BCUT2D eigenvalue weighted by molar-refractivity contribution is 0.102. The highest BCUT2D eigenvalue weighted by Crippen LogP contribution is 2.06. The van der Waals surface area contributed by atoms with Gasteiger partial charge in [-0.1, -0.05) is 15.9 Å². The Bertz CT molecular complexity index is 258. The number of halogens is 2. The van der Waals surface area contributed by atoms with Crippen LogP contribution in [0.4, 0.5) is 5.69 Å². The number of nitrogens with two attached hydrogens (primary N) is 1. The highest BCUT2D eigenvalue weighted by atomic mass is 79.9. The van der Waals surface area contributed by atoms with Gasteiger partial charge in [-0.15, -0.1) is 17.0 Å². The normalized spacial score (nSPS) is 8.75. The summed E-state index contributed by atoms with van der Waals surface area (Å²) in [6.07, 6.45) is 0. The average molecular weight is 295 g/mol. The Morgan fingerprint density at radius 1 is 1.33 bits per heavy atom. The Balaban J connectivity index is 0.00000121. The van der Waals surface area contributed by atoms with E-state index in [4.69, 9.17) is 5.73 Å². The van der Waals surface area contributed by atoms with Crippen LogP contribution in [-0.4, -0.2) is 11.1 Å². The zero-order valence-electron chi connectivity index (χ0n) is 6.29. The van der Waals surface area contributed by atoms with E-state index in [9.17, 15) is 4.79 Å². The molecule has 0 aliphatic rings. The fraction of sp³-hybridized carbons (Fsp3) is 0.125. The Hall–Kier alpha value is -0.350. The smallest absolute Gasteiger partial charge is 0.173 e. The molecule has 0 heterocycles. The summed E-state index contributed by atoms with van der Waals surface area (Å²) in [5.74, 6) is 0.0741. The van der Waals surface area contributed by atoms with E-state index in [2.05, 4.69) is 15.9 Å². The molecule has 0 fully saturated rings. The van der Waals surface area contributed by atoms with Crippen LogP contribution in [0.3, 0.4) is 0 Å². The van der Waals surface area contributed by atoms with Crippen molar-refractivity contribution in [1.29, 1.82) is 0 Å². The van der Waals surface area contributed by atoms with Crippen LogP contribution >= 0.6 is 32.9 Å². The van der Waals surface area contributed by atoms with Crippen LogP contribution in [0.2, 0.25) is 0 Å². The molecule has 0 aliphatic heterocycles. The van der Waals surface area contributed by atoms with Gasteiger partial charge in [0.25, 0.3) is 0 Å². The minimum Gasteiger partial charge on any atom is -0.399 e. The molecule has 0 saturated heterocycles. The Labute approximate surface area is 90.0 Å². The van der Waals surface area contributed by atoms with Gasteiger partial charge in [0.15, 0.2) is 5.78 Å². The Morgan fingerprint density at radius 2 is 1.83 bits per heavy atom. The van der Waals surface area contributed by atoms with Gasteiger partial charge in [-0.3, -0.25) is 4.79 Å². The van der Waals surface area contributed by atoms with E-state index < -0.39 is 0 Å². The third kappa shape index (κ3) is 2.95. The van der Waals surface area contributed by atoms with E-state index in [1.807, 2.05) is 0 Å². The number of rotatable bonds is 2. The van der Waals surface area contributed by atoms with Gasteiger partial charge >= 0.3 is 0 Å². The lowest BCUT2D eigenvalue weighted by atomic mass is 10.1. The van der Waals surface area contributed by atoms with Gasteiger partial charge in [0.05, 0.1) is 5.33 Å². The minimum absolute atomic E-state index is 0. The molecule has 2 nitrogen and oxygen atoms in total. The maximum atomic E-state index is 11.0. The SMILES string of the molecule is Br.Nc1ccc(C(=O)CBr)cc1. The Morgan fingerprint density at radius 3 is 2.25 bits per heavy atom. The highest BCUT2D eigenvalue weighted by molar-refractivity contribution is 9.09. The summed E-state index contributed by atoms with van der Waals surface area (Å²) in [6.45, 7) is 0. The quantitative estimate of drug-likeness (QED) is 0.517. The van der Waals surface area contributed by atoms with E-state index in [0.29, 0.717) is 16.6 Å². The molecule has 66 valence electrons. The molecule has 0 aliphatic carbocycles. The van der Waals surface area contributed by atoms with Crippen LogP contribution in [-0.2, 0) is 0 Å². The molecule has 1 aromatic carbocycles. The summed E-state index contributed by atoms with van der Waals surface area (Å²) in [7, 11) is 0. The number of nitrogen functional groups attached to an aromatic ring is 1. The summed E-state index contributed by atoms with van der Waals surface area (Å²) in [5.41, 5.74) is 6.81. The number of hydrogen-bond acceptors (Lipinski definition) is 2. The second-order valence-electron chi connectivity index (χ2n) is 2.18. The van der Waals surface area contributed by atoms with Crippen molar-refractivity contribution in [3.8, 4) is 0 Å². The summed E-state index contributed by atoms with van der Waals surface area (Å²) in [5, 5.41) is 0.358. The lowest BCUT2D eigenvalue weighted by Crippen LogP contribution is -1.99. The van der Waals surface area contributed by atoms with Gasteiger partial charge in [0.2, 0.25) is 0 Å². The van der Waals surface area contributed by atoms with E-state index in [1.165, 1.54) is 0 Å². The molecule has 0 atom stereocenters. The first-order chi connectivity index (χ1) is 5.24. The minimum atomic E-state index is 0. The number of ketones is 1. The summed E-state index contributed by atoms with van der Waals surface area (Å²) in [4.78, 5) is 11.0. The first kappa shape index (κ1) is 11.6. The lowest BCUT2D eigenvalue weighted by Gasteiger charge is -1.96. The van der Waals surface area contributed by atoms with Crippen LogP contribution in [0, 0.1) is 0 Å². The number of alkyl halides is 1. The van der Waals surface area contributed by atoms with E-state index >= 15 is 0 Å². The number of anilines is 1. The first-order valence-electron chi connectivity index (χ1n) is 3.18. The molecule has 12 heavy (non-hydrogen) atoms. The average Bonchev–Trinajstić information content (AvgIpc) is 2.05. The molecular formula is C8H9Br2NO. The number of carbonyl (C=O) groups excluding carboxylic acids is 1. The van der Waals surface area contributed by atoms with Crippen molar-refractivity contribution >= 4 is 44.4 Å². The molecular weight excluding hydrogens is 286 g/mol. The van der Waals surface area contributed by atoms with Crippen LogP contribution in [0.1, 0.15) is 10.4 Å². The fourth-order valence-corrected chi connectivity index (χ4v) is 1.07. The number of hydrogen-bond donors (Lipinski definition) is 1. The summed E-state index contributed by atoms with van der Waals surface area (Å²) >= 11 is 3.09. The second-order valence-corrected chi connectivity index (χ2v) is 2.74. The number of benzene rings is 1. The third-order valence-electron chi connectivity index (χ3n) is 1.35. The maximum absolute atomic E-state index is 11.0. The molecule has 0 bridgehead atoms. The molecule has 0 unspecified atom stereocenters. The molecule has 1 rings (SSSR count). The summed E-state index contributed by atoms with van der Waals surface area (Å²) < 4.78 is 0. The molecule has 4 heteroatoms. The fourth-order valence-electron chi connectivity index (χ4n) is 0.746. The van der Waals surface area contributed by atoms with Gasteiger partial charge in [0.1, 0.15) is 0 Å². The van der Waals surface area contributed by atoms with Crippen molar-refractivity contribution in [2.75, 3.05) is 11.1 Å². The highest BCUT2D eigenvalue weighted by Gasteiger charge is 2.01. The van der Waals surface area contributed by atoms with Crippen LogP contribution < -0.4 is 5.73 Å². The van der Waals surface area contributed by atoms with Gasteiger partial charge in [-0.25, -0.2) is 0 Å². The second kappa shape index (κ2) is 5.32. The van der Waals surface area contributed by atoms with Crippen LogP contribution in [0.15, 0.2) is 24.3 Å². The predicted octanol–water partition coefficient (Wildman–Crippen LogP) is 2.42. The van der Waals surface area contributed by atoms with E-state index in [-0.39, 0.29) is 22.8 Å². The molecule has 0 amide bonds. The first-order valence-corrected chi connectivity index (χ1v) is 4.31. The van der Waals surface area contributed by atoms with Crippen molar-refractivity contribution in [3.05, 3.63) is 29.8 Å². The van der Waals surface area contributed by atoms with Crippen LogP contribution in [0.25, 0.3) is 0 Å². The number of Topliss-reactive ketones (excluding diaryl/α,β-unsaturated/α-hetero) is 1. The molecule has 0 radical (unpaired) electrons. The Kier molecular flexibility index (Phi) is 5.17. The van der Waals surface area contributed by atoms with Gasteiger partial charge in [-0.2, -0.15) is 0 Å². The monoisotopic (exact) mass is 293 g/mol. The van der Waals surface area contributed by atoms with Crippen molar-refractivity contribution < 1.29 is 4.79 Å². The summed E-state index contributed by atoms with van der Waals surface area (Å²) in [6, 6.07) is 6.88. The topological polar surface area (TPSA) is 43.1 Å². The van der Waals surface area contributed by atoms with Gasteiger partial charge in [-0.05, 0) is 24.3 Å². The molecule has 0 aromatic heterocycles. The molecule has 0 spiro atoms.